The second-order valence-corrected chi connectivity index (χ2v) is 7.17. The van der Waals surface area contributed by atoms with Crippen LogP contribution in [-0.4, -0.2) is 23.5 Å². The number of thiophene rings is 1. The van der Waals surface area contributed by atoms with Crippen LogP contribution in [0.5, 0.6) is 5.75 Å². The van der Waals surface area contributed by atoms with Crippen molar-refractivity contribution in [3.63, 3.8) is 0 Å². The van der Waals surface area contributed by atoms with E-state index in [-0.39, 0.29) is 5.78 Å². The molecule has 1 aromatic heterocycles. The number of Topliss-reactive ketones (excluding diaryl/α,β-unsaturated/α-hetero) is 1. The maximum atomic E-state index is 13.0. The average Bonchev–Trinajstić information content (AvgIpc) is 3.10. The van der Waals surface area contributed by atoms with Crippen LogP contribution >= 0.6 is 22.9 Å². The minimum absolute atomic E-state index is 0.0548. The number of halogens is 1. The first-order chi connectivity index (χ1) is 10.8. The van der Waals surface area contributed by atoms with Gasteiger partial charge in [0.25, 0.3) is 0 Å². The smallest absolute Gasteiger partial charge is 0.341 e. The molecule has 0 saturated carbocycles. The van der Waals surface area contributed by atoms with Crippen LogP contribution in [0.15, 0.2) is 23.6 Å². The van der Waals surface area contributed by atoms with E-state index < -0.39 is 18.0 Å². The lowest BCUT2D eigenvalue weighted by Gasteiger charge is -2.20. The Balaban J connectivity index is 2.05. The second kappa shape index (κ2) is 5.65. The Morgan fingerprint density at radius 3 is 2.87 bits per heavy atom. The van der Waals surface area contributed by atoms with Crippen molar-refractivity contribution in [3.8, 4) is 5.75 Å². The molecule has 0 bridgehead atoms. The third-order valence-corrected chi connectivity index (χ3v) is 5.84. The standard InChI is InChI=1S/C17H15ClO4S/c1-9-14-10(6-11(15(9)18)22-8-13(19)20)7-17(2,16(14)21)12-4-3-5-23-12/h3-6H,7-8H2,1-2H3,(H,19,20). The molecule has 23 heavy (non-hydrogen) atoms. The highest BCUT2D eigenvalue weighted by Gasteiger charge is 2.45. The van der Waals surface area contributed by atoms with Crippen LogP contribution < -0.4 is 4.74 Å². The van der Waals surface area contributed by atoms with Gasteiger partial charge in [0.15, 0.2) is 12.4 Å². The summed E-state index contributed by atoms with van der Waals surface area (Å²) in [5.41, 5.74) is 1.53. The molecule has 0 radical (unpaired) electrons. The third-order valence-electron chi connectivity index (χ3n) is 4.24. The Morgan fingerprint density at radius 1 is 1.52 bits per heavy atom. The van der Waals surface area contributed by atoms with Crippen molar-refractivity contribution >= 4 is 34.7 Å². The second-order valence-electron chi connectivity index (χ2n) is 5.85. The van der Waals surface area contributed by atoms with Gasteiger partial charge in [-0.05, 0) is 48.9 Å². The molecule has 4 nitrogen and oxygen atoms in total. The first-order valence-electron chi connectivity index (χ1n) is 7.10. The molecule has 0 spiro atoms. The van der Waals surface area contributed by atoms with E-state index >= 15 is 0 Å². The van der Waals surface area contributed by atoms with Gasteiger partial charge in [-0.25, -0.2) is 4.79 Å². The van der Waals surface area contributed by atoms with Gasteiger partial charge in [-0.3, -0.25) is 4.79 Å². The molecule has 2 aromatic rings. The molecule has 3 rings (SSSR count). The Bertz CT molecular complexity index is 797. The van der Waals surface area contributed by atoms with Gasteiger partial charge in [-0.2, -0.15) is 0 Å². The van der Waals surface area contributed by atoms with E-state index in [1.54, 1.807) is 24.3 Å². The molecular weight excluding hydrogens is 336 g/mol. The number of ketones is 1. The number of ether oxygens (including phenoxy) is 1. The fourth-order valence-corrected chi connectivity index (χ4v) is 4.15. The first-order valence-corrected chi connectivity index (χ1v) is 8.35. The van der Waals surface area contributed by atoms with Gasteiger partial charge >= 0.3 is 5.97 Å². The summed E-state index contributed by atoms with van der Waals surface area (Å²) in [4.78, 5) is 24.7. The minimum Gasteiger partial charge on any atom is -0.480 e. The summed E-state index contributed by atoms with van der Waals surface area (Å²) >= 11 is 7.84. The van der Waals surface area contributed by atoms with Crippen LogP contribution in [0.2, 0.25) is 5.02 Å². The summed E-state index contributed by atoms with van der Waals surface area (Å²) in [6.07, 6.45) is 0.559. The van der Waals surface area contributed by atoms with Gasteiger partial charge in [0.05, 0.1) is 10.4 Å². The zero-order valence-corrected chi connectivity index (χ0v) is 14.3. The van der Waals surface area contributed by atoms with Crippen LogP contribution in [0.1, 0.15) is 33.3 Å². The van der Waals surface area contributed by atoms with E-state index in [4.69, 9.17) is 21.4 Å². The molecule has 1 heterocycles. The summed E-state index contributed by atoms with van der Waals surface area (Å²) in [7, 11) is 0. The number of benzene rings is 1. The monoisotopic (exact) mass is 350 g/mol. The van der Waals surface area contributed by atoms with Crippen LogP contribution in [0.4, 0.5) is 0 Å². The van der Waals surface area contributed by atoms with E-state index in [0.29, 0.717) is 28.3 Å². The molecule has 0 aliphatic heterocycles. The number of rotatable bonds is 4. The lowest BCUT2D eigenvalue weighted by Crippen LogP contribution is -2.28. The maximum Gasteiger partial charge on any atom is 0.341 e. The van der Waals surface area contributed by atoms with Crippen LogP contribution in [0.3, 0.4) is 0 Å². The van der Waals surface area contributed by atoms with Crippen molar-refractivity contribution in [1.82, 2.24) is 0 Å². The Kier molecular flexibility index (Phi) is 3.94. The SMILES string of the molecule is Cc1c(Cl)c(OCC(=O)O)cc2c1C(=O)C(C)(c1cccs1)C2. The molecule has 1 atom stereocenters. The van der Waals surface area contributed by atoms with Crippen molar-refractivity contribution in [3.05, 3.63) is 50.2 Å². The highest BCUT2D eigenvalue weighted by atomic mass is 35.5. The van der Waals surface area contributed by atoms with Gasteiger partial charge in [0, 0.05) is 10.4 Å². The number of aliphatic carboxylic acids is 1. The number of hydrogen-bond acceptors (Lipinski definition) is 4. The van der Waals surface area contributed by atoms with Crippen LogP contribution in [0, 0.1) is 6.92 Å². The highest BCUT2D eigenvalue weighted by molar-refractivity contribution is 7.10. The minimum atomic E-state index is -1.07. The molecule has 0 saturated heterocycles. The molecule has 1 aromatic carbocycles. The van der Waals surface area contributed by atoms with Crippen molar-refractivity contribution in [2.24, 2.45) is 0 Å². The predicted octanol–water partition coefficient (Wildman–Crippen LogP) is 3.87. The van der Waals surface area contributed by atoms with Gasteiger partial charge in [-0.15, -0.1) is 11.3 Å². The molecule has 1 aliphatic carbocycles. The number of fused-ring (bicyclic) bond motifs is 1. The topological polar surface area (TPSA) is 63.6 Å². The average molecular weight is 351 g/mol. The molecular formula is C17H15ClO4S. The number of hydrogen-bond donors (Lipinski definition) is 1. The molecule has 6 heteroatoms. The number of carboxylic acids is 1. The van der Waals surface area contributed by atoms with Crippen molar-refractivity contribution in [2.45, 2.75) is 25.7 Å². The van der Waals surface area contributed by atoms with Crippen molar-refractivity contribution in [1.29, 1.82) is 0 Å². The highest BCUT2D eigenvalue weighted by Crippen LogP contribution is 2.46. The zero-order valence-electron chi connectivity index (χ0n) is 12.7. The van der Waals surface area contributed by atoms with E-state index in [2.05, 4.69) is 0 Å². The molecule has 0 amide bonds. The summed E-state index contributed by atoms with van der Waals surface area (Å²) in [6.45, 7) is 3.24. The van der Waals surface area contributed by atoms with Crippen LogP contribution in [0.25, 0.3) is 0 Å². The quantitative estimate of drug-likeness (QED) is 0.909. The molecule has 0 fully saturated rings. The molecule has 120 valence electrons. The van der Waals surface area contributed by atoms with Crippen LogP contribution in [-0.2, 0) is 16.6 Å². The van der Waals surface area contributed by atoms with Gasteiger partial charge in [0.1, 0.15) is 5.75 Å². The third kappa shape index (κ3) is 2.54. The number of carbonyl (C=O) groups excluding carboxylic acids is 1. The van der Waals surface area contributed by atoms with E-state index in [1.165, 1.54) is 0 Å². The lowest BCUT2D eigenvalue weighted by atomic mass is 9.84. The lowest BCUT2D eigenvalue weighted by molar-refractivity contribution is -0.139. The van der Waals surface area contributed by atoms with Gasteiger partial charge in [0.2, 0.25) is 0 Å². The van der Waals surface area contributed by atoms with E-state index in [1.807, 2.05) is 24.4 Å². The predicted molar refractivity (Wildman–Crippen MR) is 89.0 cm³/mol. The Hall–Kier alpha value is -1.85. The maximum absolute atomic E-state index is 13.0. The van der Waals surface area contributed by atoms with E-state index in [0.717, 1.165) is 10.4 Å². The van der Waals surface area contributed by atoms with E-state index in [9.17, 15) is 9.59 Å². The Morgan fingerprint density at radius 2 is 2.26 bits per heavy atom. The summed E-state index contributed by atoms with van der Waals surface area (Å²) in [5.74, 6) is -0.702. The number of carboxylic acid groups (broad SMARTS) is 1. The summed E-state index contributed by atoms with van der Waals surface area (Å²) in [5, 5.41) is 11.0. The fraction of sp³-hybridized carbons (Fsp3) is 0.294. The van der Waals surface area contributed by atoms with Gasteiger partial charge < -0.3 is 9.84 Å². The molecule has 1 unspecified atom stereocenters. The normalized spacial score (nSPS) is 19.7. The van der Waals surface area contributed by atoms with Crippen molar-refractivity contribution in [2.75, 3.05) is 6.61 Å². The molecule has 1 N–H and O–H groups in total. The summed E-state index contributed by atoms with van der Waals surface area (Å²) < 4.78 is 5.26. The fourth-order valence-electron chi connectivity index (χ4n) is 3.06. The molecule has 1 aliphatic rings. The Labute approximate surface area is 142 Å². The van der Waals surface area contributed by atoms with Gasteiger partial charge in [-0.1, -0.05) is 17.7 Å². The first kappa shape index (κ1) is 16.0. The zero-order chi connectivity index (χ0) is 16.8. The van der Waals surface area contributed by atoms with Crippen molar-refractivity contribution < 1.29 is 19.4 Å². The number of carbonyl (C=O) groups is 2. The largest absolute Gasteiger partial charge is 0.480 e. The summed E-state index contributed by atoms with van der Waals surface area (Å²) in [6, 6.07) is 5.60.